The number of carbonyl (C=O) groups excluding carboxylic acids is 2. The number of benzene rings is 2. The summed E-state index contributed by atoms with van der Waals surface area (Å²) in [7, 11) is 0. The third-order valence-corrected chi connectivity index (χ3v) is 5.31. The smallest absolute Gasteiger partial charge is 0.247 e. The van der Waals surface area contributed by atoms with Crippen molar-refractivity contribution >= 4 is 23.6 Å². The highest BCUT2D eigenvalue weighted by atomic mass is 32.2. The summed E-state index contributed by atoms with van der Waals surface area (Å²) in [5, 5.41) is 2.99. The Morgan fingerprint density at radius 1 is 1.16 bits per heavy atom. The van der Waals surface area contributed by atoms with Crippen molar-refractivity contribution in [3.05, 3.63) is 65.2 Å². The minimum absolute atomic E-state index is 0.0704. The molecule has 0 saturated heterocycles. The number of fused-ring (bicyclic) bond motifs is 1. The van der Waals surface area contributed by atoms with Gasteiger partial charge >= 0.3 is 0 Å². The van der Waals surface area contributed by atoms with Gasteiger partial charge in [0, 0.05) is 24.9 Å². The summed E-state index contributed by atoms with van der Waals surface area (Å²) in [5.41, 5.74) is 3.12. The Hall–Kier alpha value is -2.27. The van der Waals surface area contributed by atoms with E-state index in [-0.39, 0.29) is 11.8 Å². The number of carbonyl (C=O) groups is 2. The molecule has 2 amide bonds. The zero-order valence-electron chi connectivity index (χ0n) is 14.5. The maximum atomic E-state index is 12.9. The van der Waals surface area contributed by atoms with E-state index in [1.54, 1.807) is 16.7 Å². The monoisotopic (exact) mass is 354 g/mol. The number of nitrogens with one attached hydrogen (secondary N) is 1. The standard InChI is InChI=1S/C20H22N2O2S/c1-14(23)22-12-11-16-5-3-4-6-18(16)19(22)20(24)21-13-15-7-9-17(25-2)10-8-15/h3-10,19H,11-13H2,1-2H3,(H,21,24)/t19-/m1/s1. The van der Waals surface area contributed by atoms with Gasteiger partial charge in [0.05, 0.1) is 0 Å². The molecule has 1 aliphatic heterocycles. The zero-order valence-corrected chi connectivity index (χ0v) is 15.3. The molecule has 4 nitrogen and oxygen atoms in total. The van der Waals surface area contributed by atoms with E-state index in [1.165, 1.54) is 11.8 Å². The van der Waals surface area contributed by atoms with E-state index < -0.39 is 6.04 Å². The molecule has 0 bridgehead atoms. The molecular weight excluding hydrogens is 332 g/mol. The van der Waals surface area contributed by atoms with Gasteiger partial charge in [0.2, 0.25) is 11.8 Å². The molecule has 25 heavy (non-hydrogen) atoms. The molecule has 0 unspecified atom stereocenters. The molecule has 3 rings (SSSR count). The SMILES string of the molecule is CSc1ccc(CNC(=O)[C@H]2c3ccccc3CCN2C(C)=O)cc1. The van der Waals surface area contributed by atoms with Crippen LogP contribution in [-0.4, -0.2) is 29.5 Å². The topological polar surface area (TPSA) is 49.4 Å². The van der Waals surface area contributed by atoms with Crippen molar-refractivity contribution in [1.29, 1.82) is 0 Å². The average Bonchev–Trinajstić information content (AvgIpc) is 2.65. The molecule has 2 aromatic carbocycles. The van der Waals surface area contributed by atoms with E-state index >= 15 is 0 Å². The number of nitrogens with zero attached hydrogens (tertiary/aromatic N) is 1. The van der Waals surface area contributed by atoms with E-state index in [4.69, 9.17) is 0 Å². The third kappa shape index (κ3) is 3.87. The summed E-state index contributed by atoms with van der Waals surface area (Å²) in [6.07, 6.45) is 2.82. The highest BCUT2D eigenvalue weighted by molar-refractivity contribution is 7.98. The number of hydrogen-bond acceptors (Lipinski definition) is 3. The molecule has 2 aromatic rings. The van der Waals surface area contributed by atoms with Crippen LogP contribution in [0.25, 0.3) is 0 Å². The molecule has 0 aliphatic carbocycles. The Kier molecular flexibility index (Phi) is 5.43. The zero-order chi connectivity index (χ0) is 17.8. The van der Waals surface area contributed by atoms with Gasteiger partial charge in [0.1, 0.15) is 6.04 Å². The van der Waals surface area contributed by atoms with E-state index in [0.29, 0.717) is 13.1 Å². The Balaban J connectivity index is 1.77. The molecule has 0 aromatic heterocycles. The lowest BCUT2D eigenvalue weighted by Crippen LogP contribution is -2.46. The molecule has 0 saturated carbocycles. The van der Waals surface area contributed by atoms with Crippen molar-refractivity contribution in [2.24, 2.45) is 0 Å². The van der Waals surface area contributed by atoms with Gasteiger partial charge in [-0.25, -0.2) is 0 Å². The van der Waals surface area contributed by atoms with Gasteiger partial charge in [-0.1, -0.05) is 36.4 Å². The second-order valence-electron chi connectivity index (χ2n) is 6.13. The van der Waals surface area contributed by atoms with Crippen LogP contribution < -0.4 is 5.32 Å². The van der Waals surface area contributed by atoms with Gasteiger partial charge in [0.25, 0.3) is 0 Å². The van der Waals surface area contributed by atoms with Crippen LogP contribution in [0.1, 0.15) is 29.7 Å². The first kappa shape index (κ1) is 17.5. The molecule has 1 atom stereocenters. The van der Waals surface area contributed by atoms with Gasteiger partial charge in [-0.2, -0.15) is 0 Å². The molecule has 1 aliphatic rings. The van der Waals surface area contributed by atoms with E-state index in [0.717, 1.165) is 23.1 Å². The number of hydrogen-bond donors (Lipinski definition) is 1. The Bertz CT molecular complexity index is 774. The van der Waals surface area contributed by atoms with E-state index in [1.807, 2.05) is 54.8 Å². The fourth-order valence-corrected chi connectivity index (χ4v) is 3.63. The molecule has 130 valence electrons. The van der Waals surface area contributed by atoms with Gasteiger partial charge in [-0.15, -0.1) is 11.8 Å². The van der Waals surface area contributed by atoms with Gasteiger partial charge < -0.3 is 10.2 Å². The largest absolute Gasteiger partial charge is 0.350 e. The van der Waals surface area contributed by atoms with Gasteiger partial charge in [-0.3, -0.25) is 9.59 Å². The first-order valence-electron chi connectivity index (χ1n) is 8.36. The van der Waals surface area contributed by atoms with Crippen molar-refractivity contribution in [1.82, 2.24) is 10.2 Å². The lowest BCUT2D eigenvalue weighted by Gasteiger charge is -2.35. The van der Waals surface area contributed by atoms with Crippen molar-refractivity contribution in [2.45, 2.75) is 30.8 Å². The molecule has 1 heterocycles. The van der Waals surface area contributed by atoms with E-state index in [2.05, 4.69) is 5.32 Å². The van der Waals surface area contributed by atoms with Crippen LogP contribution in [0.3, 0.4) is 0 Å². The summed E-state index contributed by atoms with van der Waals surface area (Å²) >= 11 is 1.69. The van der Waals surface area contributed by atoms with Crippen molar-refractivity contribution in [3.8, 4) is 0 Å². The first-order chi connectivity index (χ1) is 12.1. The van der Waals surface area contributed by atoms with Gasteiger partial charge in [0.15, 0.2) is 0 Å². The fourth-order valence-electron chi connectivity index (χ4n) is 3.22. The van der Waals surface area contributed by atoms with Crippen molar-refractivity contribution < 1.29 is 9.59 Å². The molecule has 0 radical (unpaired) electrons. The maximum absolute atomic E-state index is 12.9. The summed E-state index contributed by atoms with van der Waals surface area (Å²) in [5.74, 6) is -0.199. The Morgan fingerprint density at radius 2 is 1.88 bits per heavy atom. The lowest BCUT2D eigenvalue weighted by molar-refractivity contribution is -0.139. The Labute approximate surface area is 152 Å². The minimum Gasteiger partial charge on any atom is -0.350 e. The number of thioether (sulfide) groups is 1. The van der Waals surface area contributed by atoms with Gasteiger partial charge in [-0.05, 0) is 41.5 Å². The number of rotatable bonds is 4. The molecule has 1 N–H and O–H groups in total. The van der Waals surface area contributed by atoms with Crippen LogP contribution in [0.15, 0.2) is 53.4 Å². The highest BCUT2D eigenvalue weighted by Crippen LogP contribution is 2.30. The summed E-state index contributed by atoms with van der Waals surface area (Å²) in [4.78, 5) is 27.7. The van der Waals surface area contributed by atoms with Crippen LogP contribution >= 0.6 is 11.8 Å². The summed E-state index contributed by atoms with van der Waals surface area (Å²) in [6.45, 7) is 2.56. The fraction of sp³-hybridized carbons (Fsp3) is 0.300. The normalized spacial score (nSPS) is 16.2. The van der Waals surface area contributed by atoms with E-state index in [9.17, 15) is 9.59 Å². The average molecular weight is 354 g/mol. The quantitative estimate of drug-likeness (QED) is 0.858. The summed E-state index contributed by atoms with van der Waals surface area (Å²) in [6, 6.07) is 15.5. The van der Waals surface area contributed by atoms with Crippen molar-refractivity contribution in [2.75, 3.05) is 12.8 Å². The van der Waals surface area contributed by atoms with Crippen molar-refractivity contribution in [3.63, 3.8) is 0 Å². The summed E-state index contributed by atoms with van der Waals surface area (Å²) < 4.78 is 0. The maximum Gasteiger partial charge on any atom is 0.247 e. The molecule has 0 spiro atoms. The highest BCUT2D eigenvalue weighted by Gasteiger charge is 2.34. The second-order valence-corrected chi connectivity index (χ2v) is 7.01. The number of amides is 2. The van der Waals surface area contributed by atoms with Crippen LogP contribution in [0.5, 0.6) is 0 Å². The van der Waals surface area contributed by atoms with Crippen LogP contribution in [0, 0.1) is 0 Å². The molecular formula is C20H22N2O2S. The predicted octanol–water partition coefficient (Wildman–Crippen LogP) is 3.17. The third-order valence-electron chi connectivity index (χ3n) is 4.56. The predicted molar refractivity (Wildman–Crippen MR) is 100 cm³/mol. The first-order valence-corrected chi connectivity index (χ1v) is 9.58. The second kappa shape index (κ2) is 7.74. The van der Waals surface area contributed by atoms with Crippen LogP contribution in [-0.2, 0) is 22.6 Å². The Morgan fingerprint density at radius 3 is 2.56 bits per heavy atom. The molecule has 0 fully saturated rings. The van der Waals surface area contributed by atoms with Crippen LogP contribution in [0.4, 0.5) is 0 Å². The van der Waals surface area contributed by atoms with Crippen LogP contribution in [0.2, 0.25) is 0 Å². The minimum atomic E-state index is -0.548. The lowest BCUT2D eigenvalue weighted by atomic mass is 9.92. The molecule has 5 heteroatoms.